The Labute approximate surface area is 187 Å². The highest BCUT2D eigenvalue weighted by Gasteiger charge is 2.47. The lowest BCUT2D eigenvalue weighted by molar-refractivity contribution is 0.132. The highest BCUT2D eigenvalue weighted by molar-refractivity contribution is 6.92. The van der Waals surface area contributed by atoms with Crippen LogP contribution in [0.4, 0.5) is 0 Å². The van der Waals surface area contributed by atoms with E-state index in [1.807, 2.05) is 0 Å². The smallest absolute Gasteiger partial charge is 0.387 e. The minimum atomic E-state index is -2.79. The summed E-state index contributed by atoms with van der Waals surface area (Å²) in [4.78, 5) is 0. The van der Waals surface area contributed by atoms with Gasteiger partial charge >= 0.3 is 8.56 Å². The van der Waals surface area contributed by atoms with Crippen molar-refractivity contribution in [2.75, 3.05) is 13.2 Å². The van der Waals surface area contributed by atoms with E-state index in [4.69, 9.17) is 8.85 Å². The lowest BCUT2D eigenvalue weighted by atomic mass is 9.95. The lowest BCUT2D eigenvalue weighted by Gasteiger charge is -2.35. The van der Waals surface area contributed by atoms with E-state index in [0.29, 0.717) is 23.7 Å². The molecule has 0 spiro atoms. The molecule has 4 bridgehead atoms. The van der Waals surface area contributed by atoms with Gasteiger partial charge < -0.3 is 8.85 Å². The van der Waals surface area contributed by atoms with Crippen LogP contribution >= 0.6 is 0 Å². The van der Waals surface area contributed by atoms with Crippen LogP contribution in [0.25, 0.3) is 0 Å². The van der Waals surface area contributed by atoms with E-state index in [1.54, 1.807) is 0 Å². The van der Waals surface area contributed by atoms with E-state index >= 15 is 0 Å². The zero-order chi connectivity index (χ0) is 20.7. The zero-order valence-corrected chi connectivity index (χ0v) is 19.1. The zero-order valence-electron chi connectivity index (χ0n) is 18.1. The van der Waals surface area contributed by atoms with Crippen LogP contribution in [0.15, 0.2) is 85.0 Å². The molecule has 0 aromatic heterocycles. The van der Waals surface area contributed by atoms with Crippen molar-refractivity contribution in [3.05, 3.63) is 85.0 Å². The lowest BCUT2D eigenvalue weighted by Crippen LogP contribution is -2.64. The Kier molecular flexibility index (Phi) is 5.21. The van der Waals surface area contributed by atoms with E-state index in [1.165, 1.54) is 36.1 Å². The predicted molar refractivity (Wildman–Crippen MR) is 127 cm³/mol. The van der Waals surface area contributed by atoms with Gasteiger partial charge in [0.15, 0.2) is 0 Å². The van der Waals surface area contributed by atoms with Crippen LogP contribution in [0.5, 0.6) is 0 Å². The molecule has 31 heavy (non-hydrogen) atoms. The molecule has 0 aliphatic heterocycles. The van der Waals surface area contributed by atoms with Crippen LogP contribution in [0.2, 0.25) is 0 Å². The molecule has 0 N–H and O–H groups in total. The molecule has 0 heterocycles. The first kappa shape index (κ1) is 19.7. The van der Waals surface area contributed by atoms with Gasteiger partial charge in [-0.1, -0.05) is 85.0 Å². The summed E-state index contributed by atoms with van der Waals surface area (Å²) < 4.78 is 14.1. The topological polar surface area (TPSA) is 18.5 Å². The Morgan fingerprint density at radius 2 is 1.03 bits per heavy atom. The first-order valence-electron chi connectivity index (χ1n) is 12.1. The first-order valence-corrected chi connectivity index (χ1v) is 13.9. The molecule has 6 rings (SSSR count). The highest BCUT2D eigenvalue weighted by atomic mass is 28.4. The number of hydrogen-bond donors (Lipinski definition) is 0. The monoisotopic (exact) mass is 428 g/mol. The van der Waals surface area contributed by atoms with Crippen molar-refractivity contribution in [2.45, 2.75) is 25.7 Å². The second-order valence-electron chi connectivity index (χ2n) is 10.1. The molecule has 4 aliphatic rings. The van der Waals surface area contributed by atoms with E-state index in [9.17, 15) is 0 Å². The van der Waals surface area contributed by atoms with Crippen LogP contribution in [0.1, 0.15) is 25.7 Å². The van der Waals surface area contributed by atoms with Gasteiger partial charge in [-0.2, -0.15) is 0 Å². The van der Waals surface area contributed by atoms with Crippen LogP contribution in [0.3, 0.4) is 0 Å². The number of hydrogen-bond acceptors (Lipinski definition) is 2. The molecule has 2 nitrogen and oxygen atoms in total. The second-order valence-corrected chi connectivity index (χ2v) is 13.0. The Morgan fingerprint density at radius 1 is 0.581 bits per heavy atom. The van der Waals surface area contributed by atoms with Crippen LogP contribution < -0.4 is 10.4 Å². The van der Waals surface area contributed by atoms with E-state index in [0.717, 1.165) is 25.0 Å². The third-order valence-corrected chi connectivity index (χ3v) is 11.5. The van der Waals surface area contributed by atoms with Gasteiger partial charge in [0.1, 0.15) is 0 Å². The fourth-order valence-corrected chi connectivity index (χ4v) is 9.72. The summed E-state index contributed by atoms with van der Waals surface area (Å²) in [7, 11) is -2.79. The summed E-state index contributed by atoms with van der Waals surface area (Å²) in [6, 6.07) is 21.6. The average molecular weight is 429 g/mol. The average Bonchev–Trinajstić information content (AvgIpc) is 3.63. The number of benzene rings is 2. The van der Waals surface area contributed by atoms with Crippen LogP contribution in [0, 0.1) is 35.5 Å². The van der Waals surface area contributed by atoms with Crippen LogP contribution in [-0.4, -0.2) is 21.8 Å². The standard InChI is InChI=1S/C28H32O2Si/c1-3-7-27(8-4-1)31(28-9-5-2-6-10-28,29-19-25-17-21-11-13-23(25)15-21)30-20-26-18-22-12-14-24(26)16-22/h1-14,21-26H,15-20H2. The Morgan fingerprint density at radius 3 is 1.39 bits per heavy atom. The quantitative estimate of drug-likeness (QED) is 0.448. The molecule has 2 aromatic rings. The number of allylic oxidation sites excluding steroid dienone is 4. The molecule has 0 amide bonds. The van der Waals surface area contributed by atoms with Gasteiger partial charge in [-0.3, -0.25) is 0 Å². The fraction of sp³-hybridized carbons (Fsp3) is 0.429. The Bertz CT molecular complexity index is 874. The Balaban J connectivity index is 1.31. The third-order valence-electron chi connectivity index (χ3n) is 8.14. The largest absolute Gasteiger partial charge is 0.407 e. The maximum atomic E-state index is 7.04. The molecule has 6 unspecified atom stereocenters. The van der Waals surface area contributed by atoms with Crippen molar-refractivity contribution in [1.82, 2.24) is 0 Å². The van der Waals surface area contributed by atoms with Crippen molar-refractivity contribution in [3.63, 3.8) is 0 Å². The molecule has 3 heteroatoms. The van der Waals surface area contributed by atoms with Gasteiger partial charge in [0, 0.05) is 13.2 Å². The van der Waals surface area contributed by atoms with Crippen molar-refractivity contribution >= 4 is 18.9 Å². The van der Waals surface area contributed by atoms with Crippen LogP contribution in [-0.2, 0) is 8.85 Å². The normalized spacial score (nSPS) is 32.9. The van der Waals surface area contributed by atoms with Gasteiger partial charge in [0.25, 0.3) is 0 Å². The van der Waals surface area contributed by atoms with Crippen molar-refractivity contribution in [3.8, 4) is 0 Å². The molecule has 0 radical (unpaired) electrons. The molecule has 0 saturated heterocycles. The second kappa shape index (κ2) is 8.20. The number of rotatable bonds is 8. The molecule has 2 saturated carbocycles. The predicted octanol–water partition coefficient (Wildman–Crippen LogP) is 4.70. The van der Waals surface area contributed by atoms with Crippen molar-refractivity contribution in [1.29, 1.82) is 0 Å². The first-order chi connectivity index (χ1) is 15.3. The molecule has 160 valence electrons. The maximum Gasteiger partial charge on any atom is 0.407 e. The summed E-state index contributed by atoms with van der Waals surface area (Å²) >= 11 is 0. The summed E-state index contributed by atoms with van der Waals surface area (Å²) in [5.74, 6) is 4.18. The molecule has 2 aromatic carbocycles. The van der Waals surface area contributed by atoms with Crippen molar-refractivity contribution in [2.24, 2.45) is 35.5 Å². The number of fused-ring (bicyclic) bond motifs is 4. The van der Waals surface area contributed by atoms with Crippen molar-refractivity contribution < 1.29 is 8.85 Å². The van der Waals surface area contributed by atoms with E-state index in [-0.39, 0.29) is 0 Å². The molecule has 2 fully saturated rings. The SMILES string of the molecule is C1=CC2CC1CC2CO[Si](OCC1CC2C=CC1C2)(c1ccccc1)c1ccccc1. The summed E-state index contributed by atoms with van der Waals surface area (Å²) in [6.45, 7) is 1.61. The Hall–Kier alpha value is -1.94. The summed E-state index contributed by atoms with van der Waals surface area (Å²) in [5, 5.41) is 2.47. The summed E-state index contributed by atoms with van der Waals surface area (Å²) in [6.07, 6.45) is 14.9. The minimum Gasteiger partial charge on any atom is -0.387 e. The molecule has 6 atom stereocenters. The summed E-state index contributed by atoms with van der Waals surface area (Å²) in [5.41, 5.74) is 0. The maximum absolute atomic E-state index is 7.04. The third kappa shape index (κ3) is 3.67. The molecule has 4 aliphatic carbocycles. The molecular formula is C28H32O2Si. The van der Waals surface area contributed by atoms with Gasteiger partial charge in [-0.25, -0.2) is 0 Å². The van der Waals surface area contributed by atoms with Gasteiger partial charge in [-0.05, 0) is 71.6 Å². The van der Waals surface area contributed by atoms with E-state index in [2.05, 4.69) is 85.0 Å². The minimum absolute atomic E-state index is 0.628. The van der Waals surface area contributed by atoms with Gasteiger partial charge in [-0.15, -0.1) is 0 Å². The highest BCUT2D eigenvalue weighted by Crippen LogP contribution is 2.45. The van der Waals surface area contributed by atoms with E-state index < -0.39 is 8.56 Å². The van der Waals surface area contributed by atoms with Gasteiger partial charge in [0.05, 0.1) is 0 Å². The van der Waals surface area contributed by atoms with Gasteiger partial charge in [0.2, 0.25) is 0 Å². The molecular weight excluding hydrogens is 396 g/mol. The fourth-order valence-electron chi connectivity index (χ4n) is 6.48.